The molecule has 0 radical (unpaired) electrons. The van der Waals surface area contributed by atoms with Gasteiger partial charge in [-0.05, 0) is 0 Å². The van der Waals surface area contributed by atoms with Crippen LogP contribution in [0.5, 0.6) is 0 Å². The van der Waals surface area contributed by atoms with E-state index in [1.807, 2.05) is 0 Å². The van der Waals surface area contributed by atoms with Gasteiger partial charge < -0.3 is 10.2 Å². The highest BCUT2D eigenvalue weighted by Crippen LogP contribution is 2.17. The van der Waals surface area contributed by atoms with Crippen LogP contribution in [0.1, 0.15) is 9.80 Å². The maximum atomic E-state index is 12.1. The van der Waals surface area contributed by atoms with Gasteiger partial charge >= 0.3 is 0 Å². The Morgan fingerprint density at radius 3 is 2.37 bits per heavy atom. The van der Waals surface area contributed by atoms with Crippen LogP contribution in [0.3, 0.4) is 0 Å². The summed E-state index contributed by atoms with van der Waals surface area (Å²) in [5, 5.41) is 11.3. The third-order valence-electron chi connectivity index (χ3n) is 2.82. The molecule has 1 N–H and O–H groups in total. The normalized spacial score (nSPS) is 17.5. The van der Waals surface area contributed by atoms with Crippen molar-refractivity contribution in [2.45, 2.75) is 0 Å². The number of nitrogens with one attached hydrogen (secondary N) is 1. The van der Waals surface area contributed by atoms with E-state index in [2.05, 4.69) is 15.5 Å². The van der Waals surface area contributed by atoms with E-state index in [-0.39, 0.29) is 5.91 Å². The van der Waals surface area contributed by atoms with Crippen molar-refractivity contribution in [1.82, 2.24) is 19.4 Å². The van der Waals surface area contributed by atoms with Crippen molar-refractivity contribution < 1.29 is 13.2 Å². The molecule has 2 rings (SSSR count). The number of piperazine rings is 1. The van der Waals surface area contributed by atoms with Gasteiger partial charge in [0.15, 0.2) is 0 Å². The summed E-state index contributed by atoms with van der Waals surface area (Å²) in [6.07, 6.45) is 1.18. The maximum Gasteiger partial charge on any atom is 0.284 e. The first-order valence-corrected chi connectivity index (χ1v) is 8.34. The average molecular weight is 305 g/mol. The van der Waals surface area contributed by atoms with Gasteiger partial charge in [0.05, 0.1) is 6.26 Å². The minimum Gasteiger partial charge on any atom is -0.363 e. The van der Waals surface area contributed by atoms with Crippen LogP contribution in [-0.2, 0) is 10.0 Å². The summed E-state index contributed by atoms with van der Waals surface area (Å²) in [5.41, 5.74) is 0. The Kier molecular flexibility index (Phi) is 4.02. The number of amides is 1. The van der Waals surface area contributed by atoms with Gasteiger partial charge in [0, 0.05) is 33.2 Å². The molecule has 8 nitrogen and oxygen atoms in total. The van der Waals surface area contributed by atoms with Crippen LogP contribution in [0, 0.1) is 0 Å². The molecule has 1 aliphatic heterocycles. The minimum absolute atomic E-state index is 0.202. The first-order chi connectivity index (χ1) is 8.91. The van der Waals surface area contributed by atoms with E-state index in [9.17, 15) is 13.2 Å². The van der Waals surface area contributed by atoms with E-state index >= 15 is 0 Å². The van der Waals surface area contributed by atoms with Crippen molar-refractivity contribution in [1.29, 1.82) is 0 Å². The van der Waals surface area contributed by atoms with Gasteiger partial charge in [-0.2, -0.15) is 4.31 Å². The standard InChI is InChI=1S/C9H15N5O3S2/c1-10-9-12-11-7(18-9)8(15)13-3-5-14(6-4-13)19(2,16)17/h3-6H2,1-2H3,(H,10,12). The van der Waals surface area contributed by atoms with Crippen molar-refractivity contribution in [3.8, 4) is 0 Å². The molecule has 1 aromatic rings. The number of nitrogens with zero attached hydrogens (tertiary/aromatic N) is 4. The molecule has 1 fully saturated rings. The summed E-state index contributed by atoms with van der Waals surface area (Å²) in [4.78, 5) is 13.7. The summed E-state index contributed by atoms with van der Waals surface area (Å²) in [7, 11) is -1.47. The highest BCUT2D eigenvalue weighted by molar-refractivity contribution is 7.88. The molecule has 1 aliphatic rings. The van der Waals surface area contributed by atoms with Crippen LogP contribution >= 0.6 is 11.3 Å². The molecule has 19 heavy (non-hydrogen) atoms. The second-order valence-electron chi connectivity index (χ2n) is 4.12. The number of anilines is 1. The van der Waals surface area contributed by atoms with Crippen LogP contribution in [0.25, 0.3) is 0 Å². The highest BCUT2D eigenvalue weighted by Gasteiger charge is 2.28. The SMILES string of the molecule is CNc1nnc(C(=O)N2CCN(S(C)(=O)=O)CC2)s1. The molecule has 2 heterocycles. The van der Waals surface area contributed by atoms with Crippen LogP contribution in [0.4, 0.5) is 5.13 Å². The molecule has 10 heteroatoms. The Morgan fingerprint density at radius 2 is 1.89 bits per heavy atom. The van der Waals surface area contributed by atoms with Crippen LogP contribution in [-0.4, -0.2) is 73.2 Å². The summed E-state index contributed by atoms with van der Waals surface area (Å²) >= 11 is 1.18. The molecule has 0 saturated carbocycles. The molecule has 0 unspecified atom stereocenters. The summed E-state index contributed by atoms with van der Waals surface area (Å²) < 4.78 is 24.1. The molecule has 1 saturated heterocycles. The number of rotatable bonds is 3. The monoisotopic (exact) mass is 305 g/mol. The van der Waals surface area contributed by atoms with Gasteiger partial charge in [-0.25, -0.2) is 8.42 Å². The Morgan fingerprint density at radius 1 is 1.26 bits per heavy atom. The Hall–Kier alpha value is -1.26. The molecule has 106 valence electrons. The second kappa shape index (κ2) is 5.39. The van der Waals surface area contributed by atoms with Gasteiger partial charge in [0.1, 0.15) is 0 Å². The lowest BCUT2D eigenvalue weighted by Crippen LogP contribution is -2.50. The molecule has 0 aromatic carbocycles. The molecule has 0 spiro atoms. The third kappa shape index (κ3) is 3.19. The lowest BCUT2D eigenvalue weighted by molar-refractivity contribution is 0.0697. The number of hydrogen-bond donors (Lipinski definition) is 1. The largest absolute Gasteiger partial charge is 0.363 e. The van der Waals surface area contributed by atoms with Gasteiger partial charge in [0.2, 0.25) is 20.2 Å². The van der Waals surface area contributed by atoms with Crippen molar-refractivity contribution >= 4 is 32.4 Å². The topological polar surface area (TPSA) is 95.5 Å². The minimum atomic E-state index is -3.18. The Bertz CT molecular complexity index is 562. The number of carbonyl (C=O) groups is 1. The van der Waals surface area contributed by atoms with Crippen molar-refractivity contribution in [3.63, 3.8) is 0 Å². The van der Waals surface area contributed by atoms with Gasteiger partial charge in [-0.3, -0.25) is 4.79 Å². The summed E-state index contributed by atoms with van der Waals surface area (Å²) in [6, 6.07) is 0. The lowest BCUT2D eigenvalue weighted by Gasteiger charge is -2.32. The fraction of sp³-hybridized carbons (Fsp3) is 0.667. The maximum absolute atomic E-state index is 12.1. The fourth-order valence-corrected chi connectivity index (χ4v) is 3.26. The van der Waals surface area contributed by atoms with E-state index in [0.717, 1.165) is 0 Å². The third-order valence-corrected chi connectivity index (χ3v) is 5.05. The smallest absolute Gasteiger partial charge is 0.284 e. The first kappa shape index (κ1) is 14.2. The van der Waals surface area contributed by atoms with Gasteiger partial charge in [0.25, 0.3) is 5.91 Å². The average Bonchev–Trinajstić information content (AvgIpc) is 2.86. The number of aromatic nitrogens is 2. The first-order valence-electron chi connectivity index (χ1n) is 5.67. The zero-order chi connectivity index (χ0) is 14.0. The number of carbonyl (C=O) groups excluding carboxylic acids is 1. The predicted octanol–water partition coefficient (Wildman–Crippen LogP) is -0.703. The fourth-order valence-electron chi connectivity index (χ4n) is 1.77. The van der Waals surface area contributed by atoms with E-state index in [4.69, 9.17) is 0 Å². The summed E-state index contributed by atoms with van der Waals surface area (Å²) in [6.45, 7) is 1.39. The Labute approximate surface area is 115 Å². The zero-order valence-electron chi connectivity index (χ0n) is 10.7. The summed E-state index contributed by atoms with van der Waals surface area (Å²) in [5.74, 6) is -0.202. The van der Waals surface area contributed by atoms with E-state index in [1.54, 1.807) is 11.9 Å². The highest BCUT2D eigenvalue weighted by atomic mass is 32.2. The van der Waals surface area contributed by atoms with Crippen LogP contribution in [0.2, 0.25) is 0 Å². The van der Waals surface area contributed by atoms with E-state index in [1.165, 1.54) is 21.9 Å². The molecular formula is C9H15N5O3S2. The van der Waals surface area contributed by atoms with Gasteiger partial charge in [-0.15, -0.1) is 10.2 Å². The van der Waals surface area contributed by atoms with Crippen molar-refractivity contribution in [2.75, 3.05) is 44.8 Å². The number of hydrogen-bond acceptors (Lipinski definition) is 7. The van der Waals surface area contributed by atoms with Crippen LogP contribution in [0.15, 0.2) is 0 Å². The zero-order valence-corrected chi connectivity index (χ0v) is 12.3. The van der Waals surface area contributed by atoms with E-state index in [0.29, 0.717) is 36.3 Å². The van der Waals surface area contributed by atoms with Crippen molar-refractivity contribution in [3.05, 3.63) is 5.01 Å². The lowest BCUT2D eigenvalue weighted by atomic mass is 10.3. The van der Waals surface area contributed by atoms with E-state index < -0.39 is 10.0 Å². The Balaban J connectivity index is 1.99. The number of sulfonamides is 1. The molecule has 0 aliphatic carbocycles. The molecular weight excluding hydrogens is 290 g/mol. The van der Waals surface area contributed by atoms with Gasteiger partial charge in [-0.1, -0.05) is 11.3 Å². The quantitative estimate of drug-likeness (QED) is 0.793. The molecule has 1 aromatic heterocycles. The van der Waals surface area contributed by atoms with Crippen LogP contribution < -0.4 is 5.32 Å². The predicted molar refractivity (Wildman–Crippen MR) is 71.8 cm³/mol. The molecule has 1 amide bonds. The second-order valence-corrected chi connectivity index (χ2v) is 7.08. The van der Waals surface area contributed by atoms with Crippen molar-refractivity contribution in [2.24, 2.45) is 0 Å². The molecule has 0 atom stereocenters. The molecule has 0 bridgehead atoms.